The van der Waals surface area contributed by atoms with Crippen molar-refractivity contribution in [2.24, 2.45) is 0 Å². The third-order valence-corrected chi connectivity index (χ3v) is 16.7. The second kappa shape index (κ2) is 18.3. The highest BCUT2D eigenvalue weighted by atomic mass is 16.3. The molecule has 8 heteroatoms. The molecule has 382 valence electrons. The summed E-state index contributed by atoms with van der Waals surface area (Å²) in [5.41, 5.74) is 24.8. The van der Waals surface area contributed by atoms with E-state index in [1.54, 1.807) is 12.4 Å². The van der Waals surface area contributed by atoms with E-state index >= 15 is 0 Å². The Labute approximate surface area is 470 Å². The van der Waals surface area contributed by atoms with Crippen LogP contribution < -0.4 is 0 Å². The molecule has 3 aliphatic carbocycles. The number of hydrogen-bond donors (Lipinski definition) is 0. The van der Waals surface area contributed by atoms with E-state index in [9.17, 15) is 0 Å². The molecule has 18 rings (SSSR count). The third-order valence-electron chi connectivity index (χ3n) is 16.7. The maximum atomic E-state index is 6.21. The molecule has 2 bridgehead atoms. The second-order valence-electron chi connectivity index (χ2n) is 21.3. The van der Waals surface area contributed by atoms with Crippen LogP contribution in [0.25, 0.3) is 134 Å². The van der Waals surface area contributed by atoms with Gasteiger partial charge in [0, 0.05) is 91.5 Å². The fourth-order valence-electron chi connectivity index (χ4n) is 12.9. The Morgan fingerprint density at radius 1 is 0.256 bits per heavy atom. The van der Waals surface area contributed by atoms with Crippen LogP contribution in [0.3, 0.4) is 0 Å². The van der Waals surface area contributed by atoms with Crippen molar-refractivity contribution >= 4 is 43.9 Å². The normalized spacial score (nSPS) is 14.1. The SMILES string of the molecule is c1ccc(-c2nc(-c3ccc4c(c3)C3c5ccccc5C4c4cc(-c5cc(-c6ccccc6-c6ccc7oc8ccncc8c7c6)nc(-c6ccccc6)n5)ccc43)cc(-c3ccccc3-c3ccc4oc5ccncc5c4c3)n2)cc1. The standard InChI is InChI=1S/C74H44N6O2/c1-3-13-43(14-4-1)73-77-63(39-65(79-73)51-19-9-7-17-49(51)45-25-29-67-57(35-45)61-41-75-33-31-69(61)81-67)47-23-27-55-59(37-47)71-53-21-11-12-22-54(53)72(55)60-38-48(24-28-56(60)71)64-40-66(80-74(78-64)44-15-5-2-6-16-44)52-20-10-8-18-50(52)46-26-30-68-58(36-46)62-42-76-34-32-70(62)82-68/h1-42,71-72H. The summed E-state index contributed by atoms with van der Waals surface area (Å²) in [6.45, 7) is 0. The molecule has 2 unspecified atom stereocenters. The zero-order valence-electron chi connectivity index (χ0n) is 43.9. The minimum absolute atomic E-state index is 0.00753. The smallest absolute Gasteiger partial charge is 0.160 e. The summed E-state index contributed by atoms with van der Waals surface area (Å²) in [7, 11) is 0. The van der Waals surface area contributed by atoms with Gasteiger partial charge in [0.2, 0.25) is 0 Å². The van der Waals surface area contributed by atoms with Crippen molar-refractivity contribution in [3.63, 3.8) is 0 Å². The minimum atomic E-state index is 0.00753. The Kier molecular flexibility index (Phi) is 10.3. The van der Waals surface area contributed by atoms with Gasteiger partial charge in [-0.2, -0.15) is 0 Å². The molecule has 6 heterocycles. The first-order valence-corrected chi connectivity index (χ1v) is 27.6. The molecule has 15 aromatic rings. The highest BCUT2D eigenvalue weighted by Gasteiger charge is 2.41. The van der Waals surface area contributed by atoms with Crippen molar-refractivity contribution in [3.05, 3.63) is 289 Å². The zero-order valence-corrected chi connectivity index (χ0v) is 43.9. The quantitative estimate of drug-likeness (QED) is 0.148. The van der Waals surface area contributed by atoms with Gasteiger partial charge in [-0.3, -0.25) is 9.97 Å². The Morgan fingerprint density at radius 2 is 0.634 bits per heavy atom. The van der Waals surface area contributed by atoms with Crippen LogP contribution in [0.5, 0.6) is 0 Å². The van der Waals surface area contributed by atoms with Crippen LogP contribution in [0.2, 0.25) is 0 Å². The van der Waals surface area contributed by atoms with Crippen LogP contribution in [0, 0.1) is 0 Å². The first-order chi connectivity index (χ1) is 40.6. The number of aromatic nitrogens is 6. The first-order valence-electron chi connectivity index (χ1n) is 27.6. The fourth-order valence-corrected chi connectivity index (χ4v) is 12.9. The molecule has 0 N–H and O–H groups in total. The average Bonchev–Trinajstić information content (AvgIpc) is 2.21. The maximum Gasteiger partial charge on any atom is 0.160 e. The van der Waals surface area contributed by atoms with Gasteiger partial charge < -0.3 is 8.83 Å². The summed E-state index contributed by atoms with van der Waals surface area (Å²) in [6.07, 6.45) is 7.29. The van der Waals surface area contributed by atoms with E-state index in [2.05, 4.69) is 192 Å². The molecule has 0 radical (unpaired) electrons. The highest BCUT2D eigenvalue weighted by Crippen LogP contribution is 2.57. The third kappa shape index (κ3) is 7.38. The Balaban J connectivity index is 0.781. The molecule has 0 aliphatic heterocycles. The first kappa shape index (κ1) is 46.0. The zero-order chi connectivity index (χ0) is 53.8. The predicted octanol–water partition coefficient (Wildman–Crippen LogP) is 18.2. The molecule has 0 amide bonds. The summed E-state index contributed by atoms with van der Waals surface area (Å²) in [5.74, 6) is 1.35. The largest absolute Gasteiger partial charge is 0.456 e. The van der Waals surface area contributed by atoms with Crippen LogP contribution in [-0.2, 0) is 0 Å². The van der Waals surface area contributed by atoms with Gasteiger partial charge in [0.15, 0.2) is 11.6 Å². The number of benzene rings is 9. The molecule has 0 fully saturated rings. The van der Waals surface area contributed by atoms with Gasteiger partial charge in [0.05, 0.1) is 22.8 Å². The highest BCUT2D eigenvalue weighted by molar-refractivity contribution is 6.07. The van der Waals surface area contributed by atoms with E-state index in [0.29, 0.717) is 11.6 Å². The number of nitrogens with zero attached hydrogens (tertiary/aromatic N) is 6. The number of furan rings is 2. The summed E-state index contributed by atoms with van der Waals surface area (Å²) in [5, 5.41) is 4.03. The molecule has 0 spiro atoms. The predicted molar refractivity (Wildman–Crippen MR) is 326 cm³/mol. The molecule has 82 heavy (non-hydrogen) atoms. The van der Waals surface area contributed by atoms with Gasteiger partial charge in [-0.15, -0.1) is 0 Å². The molecular formula is C74H44N6O2. The van der Waals surface area contributed by atoms with Crippen molar-refractivity contribution in [1.82, 2.24) is 29.9 Å². The van der Waals surface area contributed by atoms with E-state index in [4.69, 9.17) is 28.8 Å². The molecule has 0 saturated heterocycles. The Bertz CT molecular complexity index is 4770. The van der Waals surface area contributed by atoms with E-state index in [1.165, 1.54) is 33.4 Å². The maximum absolute atomic E-state index is 6.21. The molecule has 8 nitrogen and oxygen atoms in total. The number of rotatable bonds is 8. The molecule has 0 saturated carbocycles. The van der Waals surface area contributed by atoms with Crippen molar-refractivity contribution in [2.45, 2.75) is 11.8 Å². The van der Waals surface area contributed by atoms with Crippen LogP contribution in [0.1, 0.15) is 45.2 Å². The van der Waals surface area contributed by atoms with E-state index in [1.807, 2.05) is 60.9 Å². The van der Waals surface area contributed by atoms with E-state index in [0.717, 1.165) is 122 Å². The van der Waals surface area contributed by atoms with Crippen LogP contribution in [-0.4, -0.2) is 29.9 Å². The van der Waals surface area contributed by atoms with Crippen molar-refractivity contribution in [1.29, 1.82) is 0 Å². The summed E-state index contributed by atoms with van der Waals surface area (Å²) >= 11 is 0. The van der Waals surface area contributed by atoms with E-state index < -0.39 is 0 Å². The minimum Gasteiger partial charge on any atom is -0.456 e. The molecule has 3 aliphatic rings. The molecule has 6 aromatic heterocycles. The van der Waals surface area contributed by atoms with Gasteiger partial charge in [-0.1, -0.05) is 170 Å². The number of fused-ring (bicyclic) bond motifs is 6. The lowest BCUT2D eigenvalue weighted by molar-refractivity contribution is 0.668. The van der Waals surface area contributed by atoms with Crippen molar-refractivity contribution in [3.8, 4) is 90.1 Å². The lowest BCUT2D eigenvalue weighted by atomic mass is 9.60. The van der Waals surface area contributed by atoms with Gasteiger partial charge in [-0.25, -0.2) is 19.9 Å². The van der Waals surface area contributed by atoms with Crippen LogP contribution >= 0.6 is 0 Å². The lowest BCUT2D eigenvalue weighted by Gasteiger charge is -2.42. The fraction of sp³-hybridized carbons (Fsp3) is 0.0270. The molecule has 9 aromatic carbocycles. The van der Waals surface area contributed by atoms with Gasteiger partial charge in [0.25, 0.3) is 0 Å². The van der Waals surface area contributed by atoms with Crippen LogP contribution in [0.15, 0.2) is 264 Å². The average molecular weight is 1050 g/mol. The monoisotopic (exact) mass is 1050 g/mol. The molecular weight excluding hydrogens is 1000 g/mol. The van der Waals surface area contributed by atoms with Gasteiger partial charge in [0.1, 0.15) is 22.3 Å². The van der Waals surface area contributed by atoms with Gasteiger partial charge in [-0.05, 0) is 116 Å². The number of pyridine rings is 2. The Hall–Kier alpha value is -11.0. The Morgan fingerprint density at radius 3 is 1.10 bits per heavy atom. The summed E-state index contributed by atoms with van der Waals surface area (Å²) in [4.78, 5) is 30.2. The van der Waals surface area contributed by atoms with Crippen molar-refractivity contribution < 1.29 is 8.83 Å². The second-order valence-corrected chi connectivity index (χ2v) is 21.3. The van der Waals surface area contributed by atoms with E-state index in [-0.39, 0.29) is 11.8 Å². The van der Waals surface area contributed by atoms with Crippen molar-refractivity contribution in [2.75, 3.05) is 0 Å². The summed E-state index contributed by atoms with van der Waals surface area (Å²) < 4.78 is 12.4. The summed E-state index contributed by atoms with van der Waals surface area (Å²) in [6, 6.07) is 81.5. The lowest BCUT2D eigenvalue weighted by Crippen LogP contribution is -2.27. The number of hydrogen-bond acceptors (Lipinski definition) is 8. The topological polar surface area (TPSA) is 104 Å². The molecule has 2 atom stereocenters. The van der Waals surface area contributed by atoms with Gasteiger partial charge >= 0.3 is 0 Å². The van der Waals surface area contributed by atoms with Crippen LogP contribution in [0.4, 0.5) is 0 Å².